The summed E-state index contributed by atoms with van der Waals surface area (Å²) in [6.07, 6.45) is 0. The third-order valence-electron chi connectivity index (χ3n) is 2.86. The van der Waals surface area contributed by atoms with Gasteiger partial charge in [0.05, 0.1) is 13.1 Å². The van der Waals surface area contributed by atoms with Gasteiger partial charge in [-0.05, 0) is 24.7 Å². The third kappa shape index (κ3) is 5.38. The Balaban J connectivity index is 1.88. The lowest BCUT2D eigenvalue weighted by molar-refractivity contribution is -0.118. The monoisotopic (exact) mass is 337 g/mol. The van der Waals surface area contributed by atoms with Crippen LogP contribution in [0.4, 0.5) is 4.39 Å². The normalized spacial score (nSPS) is 10.7. The molecule has 1 aromatic heterocycles. The van der Waals surface area contributed by atoms with Gasteiger partial charge in [-0.2, -0.15) is 0 Å². The van der Waals surface area contributed by atoms with E-state index in [0.29, 0.717) is 11.6 Å². The molecule has 0 fully saturated rings. The second-order valence-corrected chi connectivity index (χ2v) is 6.01. The molecular weight excluding hydrogens is 321 g/mol. The van der Waals surface area contributed by atoms with Crippen LogP contribution in [0, 0.1) is 5.82 Å². The minimum Gasteiger partial charge on any atom is -0.369 e. The summed E-state index contributed by atoms with van der Waals surface area (Å²) in [5.74, 6) is -1.11. The molecule has 1 heterocycles. The van der Waals surface area contributed by atoms with Gasteiger partial charge >= 0.3 is 0 Å². The van der Waals surface area contributed by atoms with Crippen LogP contribution in [-0.2, 0) is 17.9 Å². The molecule has 0 aliphatic heterocycles. The number of aromatic nitrogens is 2. The average Bonchev–Trinajstić information content (AvgIpc) is 2.94. The number of nitrogens with zero attached hydrogens (tertiary/aromatic N) is 3. The molecule has 0 bridgehead atoms. The molecule has 0 saturated heterocycles. The number of amides is 2. The first kappa shape index (κ1) is 17.0. The Hall–Kier alpha value is -2.39. The number of carbonyl (C=O) groups excluding carboxylic acids is 2. The summed E-state index contributed by atoms with van der Waals surface area (Å²) in [5.41, 5.74) is 5.89. The van der Waals surface area contributed by atoms with Crippen molar-refractivity contribution in [1.82, 2.24) is 20.4 Å². The minimum atomic E-state index is -0.436. The van der Waals surface area contributed by atoms with Crippen molar-refractivity contribution >= 4 is 23.2 Å². The Morgan fingerprint density at radius 3 is 2.65 bits per heavy atom. The highest BCUT2D eigenvalue weighted by molar-refractivity contribution is 7.13. The van der Waals surface area contributed by atoms with Gasteiger partial charge in [-0.3, -0.25) is 14.5 Å². The number of rotatable bonds is 7. The van der Waals surface area contributed by atoms with Crippen LogP contribution < -0.4 is 11.1 Å². The smallest absolute Gasteiger partial charge is 0.282 e. The summed E-state index contributed by atoms with van der Waals surface area (Å²) < 4.78 is 12.8. The van der Waals surface area contributed by atoms with Crippen LogP contribution in [0.5, 0.6) is 0 Å². The molecule has 122 valence electrons. The fourth-order valence-electron chi connectivity index (χ4n) is 1.82. The Labute approximate surface area is 136 Å². The van der Waals surface area contributed by atoms with Crippen molar-refractivity contribution in [3.8, 4) is 0 Å². The maximum atomic E-state index is 12.8. The van der Waals surface area contributed by atoms with Crippen molar-refractivity contribution in [2.24, 2.45) is 5.73 Å². The minimum absolute atomic E-state index is 0.103. The number of primary amides is 1. The molecule has 1 aromatic carbocycles. The SMILES string of the molecule is CN(CC(N)=O)Cc1nnc(C(=O)NCc2ccc(F)cc2)s1. The molecule has 0 unspecified atom stereocenters. The number of carbonyl (C=O) groups is 2. The molecule has 9 heteroatoms. The van der Waals surface area contributed by atoms with E-state index in [0.717, 1.165) is 16.9 Å². The van der Waals surface area contributed by atoms with E-state index in [4.69, 9.17) is 5.73 Å². The van der Waals surface area contributed by atoms with Gasteiger partial charge in [-0.1, -0.05) is 23.5 Å². The highest BCUT2D eigenvalue weighted by Gasteiger charge is 2.14. The molecule has 0 spiro atoms. The second-order valence-electron chi connectivity index (χ2n) is 4.95. The van der Waals surface area contributed by atoms with E-state index < -0.39 is 5.91 Å². The second kappa shape index (κ2) is 7.75. The molecule has 7 nitrogen and oxygen atoms in total. The van der Waals surface area contributed by atoms with E-state index in [9.17, 15) is 14.0 Å². The molecule has 2 rings (SSSR count). The molecule has 23 heavy (non-hydrogen) atoms. The van der Waals surface area contributed by atoms with E-state index in [1.54, 1.807) is 24.1 Å². The zero-order chi connectivity index (χ0) is 16.8. The summed E-state index contributed by atoms with van der Waals surface area (Å²) in [6, 6.07) is 5.86. The van der Waals surface area contributed by atoms with E-state index in [2.05, 4.69) is 15.5 Å². The van der Waals surface area contributed by atoms with Crippen LogP contribution in [0.1, 0.15) is 20.4 Å². The maximum Gasteiger partial charge on any atom is 0.282 e. The molecule has 2 aromatic rings. The van der Waals surface area contributed by atoms with Crippen LogP contribution in [-0.4, -0.2) is 40.5 Å². The molecule has 2 amide bonds. The molecule has 0 radical (unpaired) electrons. The summed E-state index contributed by atoms with van der Waals surface area (Å²) in [7, 11) is 1.72. The topological polar surface area (TPSA) is 101 Å². The molecule has 0 aliphatic carbocycles. The number of nitrogens with one attached hydrogen (secondary N) is 1. The standard InChI is InChI=1S/C14H16FN5O2S/c1-20(7-11(16)21)8-12-18-19-14(23-12)13(22)17-6-9-2-4-10(15)5-3-9/h2-5H,6-8H2,1H3,(H2,16,21)(H,17,22). The van der Waals surface area contributed by atoms with Gasteiger partial charge in [-0.25, -0.2) is 4.39 Å². The van der Waals surface area contributed by atoms with E-state index in [1.807, 2.05) is 0 Å². The van der Waals surface area contributed by atoms with Crippen LogP contribution >= 0.6 is 11.3 Å². The van der Waals surface area contributed by atoms with E-state index in [-0.39, 0.29) is 29.8 Å². The Morgan fingerprint density at radius 1 is 1.30 bits per heavy atom. The van der Waals surface area contributed by atoms with Gasteiger partial charge in [0.1, 0.15) is 10.8 Å². The van der Waals surface area contributed by atoms with Gasteiger partial charge < -0.3 is 11.1 Å². The average molecular weight is 337 g/mol. The lowest BCUT2D eigenvalue weighted by atomic mass is 10.2. The quantitative estimate of drug-likeness (QED) is 0.767. The van der Waals surface area contributed by atoms with E-state index in [1.165, 1.54) is 12.1 Å². The summed E-state index contributed by atoms with van der Waals surface area (Å²) in [4.78, 5) is 24.5. The zero-order valence-corrected chi connectivity index (χ0v) is 13.3. The van der Waals surface area contributed by atoms with Crippen molar-refractivity contribution in [3.05, 3.63) is 45.7 Å². The number of hydrogen-bond donors (Lipinski definition) is 2. The summed E-state index contributed by atoms with van der Waals surface area (Å²) >= 11 is 1.15. The summed E-state index contributed by atoms with van der Waals surface area (Å²) in [6.45, 7) is 0.757. The largest absolute Gasteiger partial charge is 0.369 e. The number of halogens is 1. The number of likely N-dealkylation sites (N-methyl/N-ethyl adjacent to an activating group) is 1. The first-order chi connectivity index (χ1) is 10.9. The maximum absolute atomic E-state index is 12.8. The molecule has 0 atom stereocenters. The Kier molecular flexibility index (Phi) is 5.72. The first-order valence-electron chi connectivity index (χ1n) is 6.76. The Morgan fingerprint density at radius 2 is 2.00 bits per heavy atom. The lowest BCUT2D eigenvalue weighted by Gasteiger charge is -2.11. The van der Waals surface area contributed by atoms with Gasteiger partial charge in [0.15, 0.2) is 0 Å². The van der Waals surface area contributed by atoms with Gasteiger partial charge in [0.2, 0.25) is 10.9 Å². The third-order valence-corrected chi connectivity index (χ3v) is 3.77. The van der Waals surface area contributed by atoms with Gasteiger partial charge in [-0.15, -0.1) is 10.2 Å². The molecule has 3 N–H and O–H groups in total. The van der Waals surface area contributed by atoms with Crippen LogP contribution in [0.3, 0.4) is 0 Å². The van der Waals surface area contributed by atoms with Crippen LogP contribution in [0.2, 0.25) is 0 Å². The highest BCUT2D eigenvalue weighted by Crippen LogP contribution is 2.12. The zero-order valence-electron chi connectivity index (χ0n) is 12.5. The predicted octanol–water partition coefficient (Wildman–Crippen LogP) is 0.524. The highest BCUT2D eigenvalue weighted by atomic mass is 32.1. The van der Waals surface area contributed by atoms with Crippen LogP contribution in [0.25, 0.3) is 0 Å². The fourth-order valence-corrected chi connectivity index (χ4v) is 2.66. The van der Waals surface area contributed by atoms with Crippen molar-refractivity contribution in [2.75, 3.05) is 13.6 Å². The lowest BCUT2D eigenvalue weighted by Crippen LogP contribution is -2.30. The van der Waals surface area contributed by atoms with Gasteiger partial charge in [0, 0.05) is 6.54 Å². The predicted molar refractivity (Wildman–Crippen MR) is 83.0 cm³/mol. The Bertz CT molecular complexity index is 689. The number of hydrogen-bond acceptors (Lipinski definition) is 6. The van der Waals surface area contributed by atoms with E-state index >= 15 is 0 Å². The van der Waals surface area contributed by atoms with Crippen molar-refractivity contribution < 1.29 is 14.0 Å². The van der Waals surface area contributed by atoms with Crippen LogP contribution in [0.15, 0.2) is 24.3 Å². The fraction of sp³-hybridized carbons (Fsp3) is 0.286. The van der Waals surface area contributed by atoms with Crippen molar-refractivity contribution in [2.45, 2.75) is 13.1 Å². The first-order valence-corrected chi connectivity index (χ1v) is 7.57. The number of benzene rings is 1. The summed E-state index contributed by atoms with van der Waals surface area (Å²) in [5, 5.41) is 11.3. The molecule has 0 aliphatic rings. The molecular formula is C14H16FN5O2S. The molecule has 0 saturated carbocycles. The van der Waals surface area contributed by atoms with Gasteiger partial charge in [0.25, 0.3) is 5.91 Å². The van der Waals surface area contributed by atoms with Crippen molar-refractivity contribution in [1.29, 1.82) is 0 Å². The van der Waals surface area contributed by atoms with Crippen molar-refractivity contribution in [3.63, 3.8) is 0 Å². The number of nitrogens with two attached hydrogens (primary N) is 1.